The Morgan fingerprint density at radius 2 is 1.97 bits per heavy atom. The quantitative estimate of drug-likeness (QED) is 0.560. The molecule has 2 heterocycles. The average molecular weight is 407 g/mol. The van der Waals surface area contributed by atoms with Gasteiger partial charge >= 0.3 is 0 Å². The second-order valence-corrected chi connectivity index (χ2v) is 7.56. The van der Waals surface area contributed by atoms with Crippen LogP contribution in [0.25, 0.3) is 11.1 Å². The van der Waals surface area contributed by atoms with Crippen molar-refractivity contribution in [2.45, 2.75) is 26.2 Å². The minimum Gasteiger partial charge on any atom is -0.307 e. The molecule has 148 valence electrons. The molecule has 2 N–H and O–H groups in total. The van der Waals surface area contributed by atoms with Crippen molar-refractivity contribution >= 4 is 34.1 Å². The van der Waals surface area contributed by atoms with E-state index in [1.54, 1.807) is 18.5 Å². The fourth-order valence-electron chi connectivity index (χ4n) is 2.70. The smallest absolute Gasteiger partial charge is 0.248 e. The van der Waals surface area contributed by atoms with E-state index in [1.807, 2.05) is 37.3 Å². The van der Waals surface area contributed by atoms with Crippen LogP contribution in [0.4, 0.5) is 10.9 Å². The Labute approximate surface area is 173 Å². The summed E-state index contributed by atoms with van der Waals surface area (Å²) in [6.45, 7) is 7.35. The topological polar surface area (TPSA) is 84.0 Å². The first kappa shape index (κ1) is 20.4. The van der Waals surface area contributed by atoms with Gasteiger partial charge in [-0.3, -0.25) is 9.59 Å². The van der Waals surface area contributed by atoms with E-state index < -0.39 is 0 Å². The molecule has 0 saturated carbocycles. The maximum Gasteiger partial charge on any atom is 0.248 e. The number of pyridine rings is 1. The standard InChI is InChI=1S/C22H22N4O2S/c1-4-18-13-24-22(29-18)26-21(28)14(3)15-7-6-8-16(11-15)17-9-10-19(23-12-17)25-20(27)5-2/h5-14H,2,4H2,1,3H3,(H,23,25,27)(H,24,26,28). The molecule has 3 aromatic rings. The lowest BCUT2D eigenvalue weighted by Gasteiger charge is -2.13. The first-order chi connectivity index (χ1) is 14.0. The first-order valence-corrected chi connectivity index (χ1v) is 10.1. The van der Waals surface area contributed by atoms with Crippen LogP contribution in [0.2, 0.25) is 0 Å². The van der Waals surface area contributed by atoms with Crippen molar-refractivity contribution in [1.29, 1.82) is 0 Å². The maximum absolute atomic E-state index is 12.6. The number of anilines is 2. The number of hydrogen-bond donors (Lipinski definition) is 2. The van der Waals surface area contributed by atoms with Gasteiger partial charge in [-0.2, -0.15) is 0 Å². The fourth-order valence-corrected chi connectivity index (χ4v) is 3.45. The molecule has 0 aliphatic rings. The Balaban J connectivity index is 1.73. The van der Waals surface area contributed by atoms with Crippen LogP contribution < -0.4 is 10.6 Å². The molecule has 0 fully saturated rings. The summed E-state index contributed by atoms with van der Waals surface area (Å²) >= 11 is 1.49. The molecule has 0 saturated heterocycles. The number of carbonyl (C=O) groups is 2. The summed E-state index contributed by atoms with van der Waals surface area (Å²) in [5, 5.41) is 6.13. The minimum absolute atomic E-state index is 0.0974. The number of amides is 2. The lowest BCUT2D eigenvalue weighted by Crippen LogP contribution is -2.18. The third kappa shape index (κ3) is 5.14. The highest BCUT2D eigenvalue weighted by molar-refractivity contribution is 7.15. The number of aryl methyl sites for hydroxylation is 1. The van der Waals surface area contributed by atoms with Crippen LogP contribution in [0.1, 0.15) is 30.2 Å². The molecule has 7 heteroatoms. The van der Waals surface area contributed by atoms with E-state index in [1.165, 1.54) is 17.4 Å². The molecule has 29 heavy (non-hydrogen) atoms. The Morgan fingerprint density at radius 3 is 2.62 bits per heavy atom. The first-order valence-electron chi connectivity index (χ1n) is 9.25. The van der Waals surface area contributed by atoms with Gasteiger partial charge in [0.05, 0.1) is 5.92 Å². The second-order valence-electron chi connectivity index (χ2n) is 6.45. The maximum atomic E-state index is 12.6. The molecule has 3 rings (SSSR count). The lowest BCUT2D eigenvalue weighted by atomic mass is 9.96. The van der Waals surface area contributed by atoms with E-state index in [0.717, 1.165) is 28.0 Å². The molecule has 6 nitrogen and oxygen atoms in total. The van der Waals surface area contributed by atoms with Gasteiger partial charge < -0.3 is 10.6 Å². The Kier molecular flexibility index (Phi) is 6.51. The van der Waals surface area contributed by atoms with Gasteiger partial charge in [0, 0.05) is 22.8 Å². The van der Waals surface area contributed by atoms with Gasteiger partial charge in [-0.25, -0.2) is 9.97 Å². The van der Waals surface area contributed by atoms with Gasteiger partial charge in [-0.1, -0.05) is 37.8 Å². The fraction of sp³-hybridized carbons (Fsp3) is 0.182. The zero-order chi connectivity index (χ0) is 20.8. The van der Waals surface area contributed by atoms with E-state index in [-0.39, 0.29) is 17.7 Å². The molecule has 0 radical (unpaired) electrons. The van der Waals surface area contributed by atoms with Crippen LogP contribution in [0.15, 0.2) is 61.4 Å². The summed E-state index contributed by atoms with van der Waals surface area (Å²) in [4.78, 5) is 33.6. The van der Waals surface area contributed by atoms with Crippen LogP contribution >= 0.6 is 11.3 Å². The minimum atomic E-state index is -0.331. The summed E-state index contributed by atoms with van der Waals surface area (Å²) in [6, 6.07) is 11.4. The monoisotopic (exact) mass is 406 g/mol. The van der Waals surface area contributed by atoms with Gasteiger partial charge in [-0.05, 0) is 42.7 Å². The van der Waals surface area contributed by atoms with E-state index >= 15 is 0 Å². The molecule has 1 unspecified atom stereocenters. The van der Waals surface area contributed by atoms with Gasteiger partial charge in [-0.15, -0.1) is 11.3 Å². The highest BCUT2D eigenvalue weighted by atomic mass is 32.1. The largest absolute Gasteiger partial charge is 0.307 e. The number of hydrogen-bond acceptors (Lipinski definition) is 5. The van der Waals surface area contributed by atoms with Gasteiger partial charge in [0.15, 0.2) is 5.13 Å². The molecule has 0 aliphatic carbocycles. The Morgan fingerprint density at radius 1 is 1.14 bits per heavy atom. The predicted octanol–water partition coefficient (Wildman–Crippen LogP) is 4.63. The number of carbonyl (C=O) groups excluding carboxylic acids is 2. The van der Waals surface area contributed by atoms with Crippen molar-refractivity contribution in [3.63, 3.8) is 0 Å². The number of rotatable bonds is 7. The molecule has 2 aromatic heterocycles. The third-order valence-electron chi connectivity index (χ3n) is 4.45. The van der Waals surface area contributed by atoms with Crippen molar-refractivity contribution in [3.8, 4) is 11.1 Å². The number of benzene rings is 1. The summed E-state index contributed by atoms with van der Waals surface area (Å²) in [6.07, 6.45) is 5.57. The van der Waals surface area contributed by atoms with Crippen molar-refractivity contribution in [2.75, 3.05) is 10.6 Å². The molecule has 0 aliphatic heterocycles. The van der Waals surface area contributed by atoms with Crippen molar-refractivity contribution in [3.05, 3.63) is 71.9 Å². The Bertz CT molecular complexity index is 1030. The molecule has 1 aromatic carbocycles. The lowest BCUT2D eigenvalue weighted by molar-refractivity contribution is -0.117. The van der Waals surface area contributed by atoms with Crippen LogP contribution in [0, 0.1) is 0 Å². The Hall–Kier alpha value is -3.32. The molecular formula is C22H22N4O2S. The molecule has 0 bridgehead atoms. The van der Waals surface area contributed by atoms with E-state index in [2.05, 4.69) is 34.1 Å². The highest BCUT2D eigenvalue weighted by Gasteiger charge is 2.17. The SMILES string of the molecule is C=CC(=O)Nc1ccc(-c2cccc(C(C)C(=O)Nc3ncc(CC)s3)c2)cn1. The third-order valence-corrected chi connectivity index (χ3v) is 5.50. The highest BCUT2D eigenvalue weighted by Crippen LogP contribution is 2.26. The average Bonchev–Trinajstić information content (AvgIpc) is 3.21. The molecular weight excluding hydrogens is 384 g/mol. The van der Waals surface area contributed by atoms with E-state index in [9.17, 15) is 9.59 Å². The van der Waals surface area contributed by atoms with Crippen LogP contribution in [0.3, 0.4) is 0 Å². The molecule has 0 spiro atoms. The number of aromatic nitrogens is 2. The predicted molar refractivity (Wildman–Crippen MR) is 117 cm³/mol. The van der Waals surface area contributed by atoms with Crippen LogP contribution in [0.5, 0.6) is 0 Å². The van der Waals surface area contributed by atoms with Crippen LogP contribution in [-0.2, 0) is 16.0 Å². The zero-order valence-electron chi connectivity index (χ0n) is 16.3. The van der Waals surface area contributed by atoms with E-state index in [0.29, 0.717) is 10.9 Å². The summed E-state index contributed by atoms with van der Waals surface area (Å²) in [7, 11) is 0. The summed E-state index contributed by atoms with van der Waals surface area (Å²) in [5.41, 5.74) is 2.73. The summed E-state index contributed by atoms with van der Waals surface area (Å²) < 4.78 is 0. The second kappa shape index (κ2) is 9.25. The number of nitrogens with zero attached hydrogens (tertiary/aromatic N) is 2. The van der Waals surface area contributed by atoms with Crippen molar-refractivity contribution in [2.24, 2.45) is 0 Å². The molecule has 1 atom stereocenters. The van der Waals surface area contributed by atoms with Gasteiger partial charge in [0.25, 0.3) is 0 Å². The van der Waals surface area contributed by atoms with Gasteiger partial charge in [0.1, 0.15) is 5.82 Å². The van der Waals surface area contributed by atoms with E-state index in [4.69, 9.17) is 0 Å². The summed E-state index contributed by atoms with van der Waals surface area (Å²) in [5.74, 6) is -0.279. The van der Waals surface area contributed by atoms with Crippen LogP contribution in [-0.4, -0.2) is 21.8 Å². The zero-order valence-corrected chi connectivity index (χ0v) is 17.1. The van der Waals surface area contributed by atoms with Gasteiger partial charge in [0.2, 0.25) is 11.8 Å². The number of nitrogens with one attached hydrogen (secondary N) is 2. The normalized spacial score (nSPS) is 11.5. The van der Waals surface area contributed by atoms with Crippen molar-refractivity contribution < 1.29 is 9.59 Å². The molecule has 2 amide bonds. The number of thiazole rings is 1. The van der Waals surface area contributed by atoms with Crippen molar-refractivity contribution in [1.82, 2.24) is 9.97 Å².